The van der Waals surface area contributed by atoms with Crippen molar-refractivity contribution in [1.82, 2.24) is 14.8 Å². The number of ether oxygens (including phenoxy) is 1. The van der Waals surface area contributed by atoms with E-state index in [0.29, 0.717) is 29.5 Å². The first-order chi connectivity index (χ1) is 9.70. The summed E-state index contributed by atoms with van der Waals surface area (Å²) in [4.78, 5) is 16.1. The van der Waals surface area contributed by atoms with Gasteiger partial charge in [-0.2, -0.15) is 14.8 Å². The first kappa shape index (κ1) is 12.4. The van der Waals surface area contributed by atoms with E-state index in [4.69, 9.17) is 9.15 Å². The smallest absolute Gasteiger partial charge is 0.341 e. The van der Waals surface area contributed by atoms with E-state index in [9.17, 15) is 4.79 Å². The molecule has 0 atom stereocenters. The van der Waals surface area contributed by atoms with E-state index in [1.54, 1.807) is 13.8 Å². The van der Waals surface area contributed by atoms with Crippen LogP contribution in [0.4, 0.5) is 0 Å². The van der Waals surface area contributed by atoms with E-state index in [-0.39, 0.29) is 0 Å². The molecule has 0 saturated carbocycles. The molecule has 0 spiro atoms. The monoisotopic (exact) mass is 271 g/mol. The molecule has 0 aliphatic heterocycles. The molecule has 2 heterocycles. The summed E-state index contributed by atoms with van der Waals surface area (Å²) in [6, 6.07) is 7.77. The van der Waals surface area contributed by atoms with E-state index in [0.717, 1.165) is 5.52 Å². The maximum Gasteiger partial charge on any atom is 0.341 e. The predicted molar refractivity (Wildman–Crippen MR) is 71.8 cm³/mol. The number of hydrogen-bond donors (Lipinski definition) is 0. The number of esters is 1. The average Bonchev–Trinajstić information content (AvgIpc) is 3.01. The molecule has 3 rings (SSSR count). The van der Waals surface area contributed by atoms with Crippen LogP contribution < -0.4 is 0 Å². The van der Waals surface area contributed by atoms with Gasteiger partial charge in [0.2, 0.25) is 0 Å². The lowest BCUT2D eigenvalue weighted by Crippen LogP contribution is -2.07. The van der Waals surface area contributed by atoms with Gasteiger partial charge in [0, 0.05) is 0 Å². The summed E-state index contributed by atoms with van der Waals surface area (Å²) in [6.45, 7) is 3.86. The van der Waals surface area contributed by atoms with Gasteiger partial charge in [-0.3, -0.25) is 0 Å². The van der Waals surface area contributed by atoms with Gasteiger partial charge in [-0.25, -0.2) is 4.79 Å². The van der Waals surface area contributed by atoms with Crippen molar-refractivity contribution in [3.8, 4) is 6.01 Å². The number of nitrogens with zero attached hydrogens (tertiary/aromatic N) is 3. The van der Waals surface area contributed by atoms with E-state index >= 15 is 0 Å². The number of carbonyl (C=O) groups is 1. The number of benzene rings is 1. The number of rotatable bonds is 3. The molecule has 3 aromatic rings. The lowest BCUT2D eigenvalue weighted by Gasteiger charge is -2.01. The normalized spacial score (nSPS) is 10.9. The molecule has 0 fully saturated rings. The molecule has 0 amide bonds. The van der Waals surface area contributed by atoms with Gasteiger partial charge in [0.25, 0.3) is 0 Å². The van der Waals surface area contributed by atoms with Crippen molar-refractivity contribution in [2.75, 3.05) is 6.61 Å². The highest BCUT2D eigenvalue weighted by atomic mass is 16.5. The number of fused-ring (bicyclic) bond motifs is 1. The molecule has 0 N–H and O–H groups in total. The van der Waals surface area contributed by atoms with Crippen LogP contribution in [0.3, 0.4) is 0 Å². The summed E-state index contributed by atoms with van der Waals surface area (Å²) in [7, 11) is 0. The van der Waals surface area contributed by atoms with Crippen molar-refractivity contribution in [3.05, 3.63) is 41.7 Å². The fourth-order valence-electron chi connectivity index (χ4n) is 1.96. The van der Waals surface area contributed by atoms with Crippen molar-refractivity contribution in [2.45, 2.75) is 13.8 Å². The Labute approximate surface area is 115 Å². The van der Waals surface area contributed by atoms with Crippen LogP contribution >= 0.6 is 0 Å². The van der Waals surface area contributed by atoms with Crippen LogP contribution in [0.5, 0.6) is 0 Å². The number of aromatic nitrogens is 3. The second-order valence-electron chi connectivity index (χ2n) is 4.24. The van der Waals surface area contributed by atoms with Gasteiger partial charge in [-0.1, -0.05) is 12.1 Å². The predicted octanol–water partition coefficient (Wildman–Crippen LogP) is 2.50. The van der Waals surface area contributed by atoms with Gasteiger partial charge in [0.05, 0.1) is 18.5 Å². The summed E-state index contributed by atoms with van der Waals surface area (Å²) >= 11 is 0. The summed E-state index contributed by atoms with van der Waals surface area (Å²) in [5.41, 5.74) is 2.47. The Kier molecular flexibility index (Phi) is 2.98. The summed E-state index contributed by atoms with van der Waals surface area (Å²) in [5.74, 6) is -0.396. The van der Waals surface area contributed by atoms with Gasteiger partial charge in [-0.05, 0) is 26.0 Å². The number of oxazole rings is 1. The first-order valence-corrected chi connectivity index (χ1v) is 6.28. The Balaban J connectivity index is 2.04. The summed E-state index contributed by atoms with van der Waals surface area (Å²) in [5, 5.41) is 4.14. The van der Waals surface area contributed by atoms with Gasteiger partial charge in [-0.15, -0.1) is 0 Å². The Hall–Kier alpha value is -2.63. The summed E-state index contributed by atoms with van der Waals surface area (Å²) in [6.07, 6.45) is 1.46. The molecule has 0 bridgehead atoms. The second-order valence-corrected chi connectivity index (χ2v) is 4.24. The third kappa shape index (κ3) is 1.95. The zero-order valence-electron chi connectivity index (χ0n) is 11.2. The molecule has 1 aromatic carbocycles. The molecule has 0 radical (unpaired) electrons. The zero-order valence-corrected chi connectivity index (χ0v) is 11.2. The van der Waals surface area contributed by atoms with E-state index in [2.05, 4.69) is 10.1 Å². The third-order valence-corrected chi connectivity index (χ3v) is 2.97. The third-order valence-electron chi connectivity index (χ3n) is 2.97. The molecule has 6 heteroatoms. The highest BCUT2D eigenvalue weighted by Crippen LogP contribution is 2.20. The van der Waals surface area contributed by atoms with Crippen LogP contribution in [0.25, 0.3) is 17.1 Å². The molecule has 0 aliphatic rings. The molecular formula is C14H13N3O3. The van der Waals surface area contributed by atoms with Crippen LogP contribution in [0, 0.1) is 6.92 Å². The summed E-state index contributed by atoms with van der Waals surface area (Å²) < 4.78 is 12.1. The molecule has 0 saturated heterocycles. The van der Waals surface area contributed by atoms with Gasteiger partial charge >= 0.3 is 12.0 Å². The van der Waals surface area contributed by atoms with Gasteiger partial charge in [0.1, 0.15) is 11.1 Å². The van der Waals surface area contributed by atoms with Crippen molar-refractivity contribution in [3.63, 3.8) is 0 Å². The molecule has 20 heavy (non-hydrogen) atoms. The molecule has 2 aromatic heterocycles. The SMILES string of the molecule is CCOC(=O)c1cnn(-c2nc3ccccc3o2)c1C. The lowest BCUT2D eigenvalue weighted by atomic mass is 10.3. The fraction of sp³-hybridized carbons (Fsp3) is 0.214. The number of hydrogen-bond acceptors (Lipinski definition) is 5. The van der Waals surface area contributed by atoms with Crippen LogP contribution in [-0.4, -0.2) is 27.3 Å². The molecule has 0 aliphatic carbocycles. The van der Waals surface area contributed by atoms with E-state index in [1.165, 1.54) is 10.9 Å². The minimum absolute atomic E-state index is 0.326. The first-order valence-electron chi connectivity index (χ1n) is 6.28. The van der Waals surface area contributed by atoms with Gasteiger partial charge < -0.3 is 9.15 Å². The molecule has 6 nitrogen and oxygen atoms in total. The van der Waals surface area contributed by atoms with Crippen molar-refractivity contribution < 1.29 is 13.9 Å². The minimum atomic E-state index is -0.396. The van der Waals surface area contributed by atoms with Crippen LogP contribution in [0.1, 0.15) is 23.0 Å². The Morgan fingerprint density at radius 1 is 1.40 bits per heavy atom. The van der Waals surface area contributed by atoms with Crippen molar-refractivity contribution in [2.24, 2.45) is 0 Å². The van der Waals surface area contributed by atoms with Crippen molar-refractivity contribution in [1.29, 1.82) is 0 Å². The van der Waals surface area contributed by atoms with Crippen LogP contribution in [0.15, 0.2) is 34.9 Å². The maximum absolute atomic E-state index is 11.8. The number of para-hydroxylation sites is 2. The largest absolute Gasteiger partial charge is 0.462 e. The topological polar surface area (TPSA) is 70.2 Å². The van der Waals surface area contributed by atoms with Gasteiger partial charge in [0.15, 0.2) is 5.58 Å². The standard InChI is InChI=1S/C14H13N3O3/c1-3-19-13(18)10-8-15-17(9(10)2)14-16-11-6-4-5-7-12(11)20-14/h4-8H,3H2,1-2H3. The van der Waals surface area contributed by atoms with Crippen LogP contribution in [-0.2, 0) is 4.74 Å². The average molecular weight is 271 g/mol. The van der Waals surface area contributed by atoms with E-state index < -0.39 is 5.97 Å². The Morgan fingerprint density at radius 3 is 2.95 bits per heavy atom. The Bertz CT molecular complexity index is 740. The van der Waals surface area contributed by atoms with Crippen molar-refractivity contribution >= 4 is 17.1 Å². The quantitative estimate of drug-likeness (QED) is 0.684. The second kappa shape index (κ2) is 4.80. The fourth-order valence-corrected chi connectivity index (χ4v) is 1.96. The Morgan fingerprint density at radius 2 is 2.20 bits per heavy atom. The highest BCUT2D eigenvalue weighted by Gasteiger charge is 2.18. The molecule has 0 unspecified atom stereocenters. The lowest BCUT2D eigenvalue weighted by molar-refractivity contribution is 0.0525. The molecular weight excluding hydrogens is 258 g/mol. The molecule has 102 valence electrons. The zero-order chi connectivity index (χ0) is 14.1. The van der Waals surface area contributed by atoms with E-state index in [1.807, 2.05) is 24.3 Å². The highest BCUT2D eigenvalue weighted by molar-refractivity contribution is 5.90. The minimum Gasteiger partial charge on any atom is -0.462 e. The maximum atomic E-state index is 11.8. The van der Waals surface area contributed by atoms with Crippen LogP contribution in [0.2, 0.25) is 0 Å². The number of carbonyl (C=O) groups excluding carboxylic acids is 1.